The average Bonchev–Trinajstić information content (AvgIpc) is 3.19. The molecule has 0 spiro atoms. The molecular formula is C21H33N4O3S+. The molecule has 1 unspecified atom stereocenters. The molecule has 0 fully saturated rings. The van der Waals surface area contributed by atoms with Crippen LogP contribution >= 0.6 is 11.3 Å². The number of rotatable bonds is 10. The first-order valence-electron chi connectivity index (χ1n) is 10.00. The van der Waals surface area contributed by atoms with Gasteiger partial charge in [0.25, 0.3) is 5.91 Å². The Kier molecular flexibility index (Phi) is 8.40. The van der Waals surface area contributed by atoms with Crippen molar-refractivity contribution in [2.24, 2.45) is 0 Å². The molecule has 160 valence electrons. The van der Waals surface area contributed by atoms with Crippen molar-refractivity contribution < 1.29 is 19.2 Å². The van der Waals surface area contributed by atoms with E-state index in [-0.39, 0.29) is 17.9 Å². The summed E-state index contributed by atoms with van der Waals surface area (Å²) in [7, 11) is 3.43. The summed E-state index contributed by atoms with van der Waals surface area (Å²) in [6.45, 7) is 10.0. The Morgan fingerprint density at radius 3 is 2.72 bits per heavy atom. The lowest BCUT2D eigenvalue weighted by molar-refractivity contribution is -0.885. The molecule has 0 aliphatic rings. The van der Waals surface area contributed by atoms with Crippen LogP contribution in [-0.2, 0) is 27.4 Å². The van der Waals surface area contributed by atoms with E-state index in [9.17, 15) is 9.59 Å². The third-order valence-electron chi connectivity index (χ3n) is 4.76. The normalized spacial score (nSPS) is 12.2. The molecule has 2 N–H and O–H groups in total. The molecule has 0 saturated carbocycles. The molecule has 0 saturated heterocycles. The van der Waals surface area contributed by atoms with Crippen molar-refractivity contribution in [2.75, 3.05) is 20.7 Å². The Bertz CT molecular complexity index is 841. The van der Waals surface area contributed by atoms with Gasteiger partial charge in [0.05, 0.1) is 19.9 Å². The molecule has 29 heavy (non-hydrogen) atoms. The summed E-state index contributed by atoms with van der Waals surface area (Å²) >= 11 is 1.63. The van der Waals surface area contributed by atoms with Gasteiger partial charge in [-0.15, -0.1) is 11.3 Å². The van der Waals surface area contributed by atoms with E-state index in [4.69, 9.17) is 9.72 Å². The standard InChI is InChI=1S/C21H32N4O3S/c1-14(2)22-19(26)11-24(5)12-20-23-18(13-29-20)17-10-15(3)25(16(17)4)9-7-8-21(27)28-6/h10,13-14H,7-9,11-12H2,1-6H3,(H,22,26)/p+1. The highest BCUT2D eigenvalue weighted by Gasteiger charge is 2.17. The number of aromatic nitrogens is 2. The van der Waals surface area contributed by atoms with Crippen molar-refractivity contribution in [2.45, 2.75) is 59.7 Å². The first kappa shape index (κ1) is 23.1. The van der Waals surface area contributed by atoms with Gasteiger partial charge in [0, 0.05) is 41.3 Å². The van der Waals surface area contributed by atoms with E-state index in [0.717, 1.165) is 45.5 Å². The van der Waals surface area contributed by atoms with Crippen LogP contribution in [0.1, 0.15) is 43.1 Å². The fraction of sp³-hybridized carbons (Fsp3) is 0.571. The van der Waals surface area contributed by atoms with Crippen LogP contribution in [-0.4, -0.2) is 48.2 Å². The third kappa shape index (κ3) is 6.68. The maximum absolute atomic E-state index is 11.9. The Balaban J connectivity index is 2.01. The Morgan fingerprint density at radius 2 is 2.07 bits per heavy atom. The SMILES string of the molecule is COC(=O)CCCn1c(C)cc(-c2csc(C[NH+](C)CC(=O)NC(C)C)n2)c1C. The molecule has 2 aromatic rings. The molecule has 7 nitrogen and oxygen atoms in total. The summed E-state index contributed by atoms with van der Waals surface area (Å²) in [4.78, 5) is 29.2. The summed E-state index contributed by atoms with van der Waals surface area (Å²) in [5, 5.41) is 6.03. The van der Waals surface area contributed by atoms with Gasteiger partial charge in [0.1, 0.15) is 11.6 Å². The Labute approximate surface area is 177 Å². The molecule has 0 aliphatic heterocycles. The van der Waals surface area contributed by atoms with Gasteiger partial charge in [-0.05, 0) is 40.2 Å². The van der Waals surface area contributed by atoms with Crippen molar-refractivity contribution in [3.63, 3.8) is 0 Å². The summed E-state index contributed by atoms with van der Waals surface area (Å²) in [5.74, 6) is -0.115. The lowest BCUT2D eigenvalue weighted by Crippen LogP contribution is -3.09. The second kappa shape index (κ2) is 10.5. The first-order valence-corrected chi connectivity index (χ1v) is 10.9. The second-order valence-corrected chi connectivity index (χ2v) is 8.72. The van der Waals surface area contributed by atoms with Crippen LogP contribution in [0.2, 0.25) is 0 Å². The monoisotopic (exact) mass is 421 g/mol. The molecular weight excluding hydrogens is 388 g/mol. The summed E-state index contributed by atoms with van der Waals surface area (Å²) in [5.41, 5.74) is 4.40. The number of nitrogens with zero attached hydrogens (tertiary/aromatic N) is 2. The second-order valence-electron chi connectivity index (χ2n) is 7.78. The van der Waals surface area contributed by atoms with Crippen molar-refractivity contribution in [3.8, 4) is 11.3 Å². The highest BCUT2D eigenvalue weighted by Crippen LogP contribution is 2.28. The van der Waals surface area contributed by atoms with Gasteiger partial charge in [-0.2, -0.15) is 0 Å². The van der Waals surface area contributed by atoms with E-state index >= 15 is 0 Å². The lowest BCUT2D eigenvalue weighted by Gasteiger charge is -2.13. The van der Waals surface area contributed by atoms with Crippen LogP contribution in [0.5, 0.6) is 0 Å². The number of ether oxygens (including phenoxy) is 1. The molecule has 1 atom stereocenters. The number of hydrogen-bond acceptors (Lipinski definition) is 5. The zero-order valence-electron chi connectivity index (χ0n) is 18.3. The topological polar surface area (TPSA) is 77.7 Å². The predicted octanol–water partition coefficient (Wildman–Crippen LogP) is 1.72. The van der Waals surface area contributed by atoms with Gasteiger partial charge in [-0.1, -0.05) is 0 Å². The minimum atomic E-state index is -0.175. The number of methoxy groups -OCH3 is 1. The molecule has 2 rings (SSSR count). The van der Waals surface area contributed by atoms with Crippen molar-refractivity contribution in [1.82, 2.24) is 14.9 Å². The van der Waals surface area contributed by atoms with Crippen molar-refractivity contribution in [1.29, 1.82) is 0 Å². The fourth-order valence-electron chi connectivity index (χ4n) is 3.37. The van der Waals surface area contributed by atoms with Crippen molar-refractivity contribution in [3.05, 3.63) is 27.8 Å². The first-order chi connectivity index (χ1) is 13.7. The summed E-state index contributed by atoms with van der Waals surface area (Å²) in [6, 6.07) is 2.31. The summed E-state index contributed by atoms with van der Waals surface area (Å²) in [6.07, 6.45) is 1.17. The van der Waals surface area contributed by atoms with Gasteiger partial charge >= 0.3 is 5.97 Å². The molecule has 2 aromatic heterocycles. The number of nitrogens with one attached hydrogen (secondary N) is 2. The maximum Gasteiger partial charge on any atom is 0.305 e. The Hall–Kier alpha value is -2.19. The van der Waals surface area contributed by atoms with Gasteiger partial charge < -0.3 is 19.5 Å². The van der Waals surface area contributed by atoms with E-state index in [1.54, 1.807) is 11.3 Å². The lowest BCUT2D eigenvalue weighted by atomic mass is 10.2. The van der Waals surface area contributed by atoms with E-state index in [1.165, 1.54) is 7.11 Å². The number of carbonyl (C=O) groups is 2. The van der Waals surface area contributed by atoms with E-state index in [0.29, 0.717) is 19.5 Å². The smallest absolute Gasteiger partial charge is 0.305 e. The van der Waals surface area contributed by atoms with Crippen LogP contribution in [0.15, 0.2) is 11.4 Å². The molecule has 0 radical (unpaired) electrons. The van der Waals surface area contributed by atoms with Crippen LogP contribution in [0, 0.1) is 13.8 Å². The number of amides is 1. The number of carbonyl (C=O) groups excluding carboxylic acids is 2. The maximum atomic E-state index is 11.9. The predicted molar refractivity (Wildman–Crippen MR) is 115 cm³/mol. The zero-order valence-corrected chi connectivity index (χ0v) is 19.1. The molecule has 2 heterocycles. The highest BCUT2D eigenvalue weighted by molar-refractivity contribution is 7.09. The van der Waals surface area contributed by atoms with E-state index in [2.05, 4.69) is 35.2 Å². The number of quaternary nitrogens is 1. The number of esters is 1. The van der Waals surface area contributed by atoms with E-state index in [1.807, 2.05) is 20.9 Å². The molecule has 0 aromatic carbocycles. The van der Waals surface area contributed by atoms with Crippen LogP contribution in [0.4, 0.5) is 0 Å². The highest BCUT2D eigenvalue weighted by atomic mass is 32.1. The Morgan fingerprint density at radius 1 is 1.34 bits per heavy atom. The largest absolute Gasteiger partial charge is 0.469 e. The number of thiazole rings is 1. The minimum Gasteiger partial charge on any atom is -0.469 e. The van der Waals surface area contributed by atoms with Gasteiger partial charge in [0.15, 0.2) is 6.54 Å². The minimum absolute atomic E-state index is 0.0600. The summed E-state index contributed by atoms with van der Waals surface area (Å²) < 4.78 is 6.94. The number of likely N-dealkylation sites (N-methyl/N-ethyl adjacent to an activating group) is 1. The quantitative estimate of drug-likeness (QED) is 0.573. The molecule has 0 aliphatic carbocycles. The molecule has 8 heteroatoms. The third-order valence-corrected chi connectivity index (χ3v) is 5.61. The fourth-order valence-corrected chi connectivity index (χ4v) is 4.28. The van der Waals surface area contributed by atoms with Crippen molar-refractivity contribution >= 4 is 23.2 Å². The molecule has 0 bridgehead atoms. The molecule has 1 amide bonds. The van der Waals surface area contributed by atoms with Crippen LogP contribution in [0.3, 0.4) is 0 Å². The van der Waals surface area contributed by atoms with Gasteiger partial charge in [-0.25, -0.2) is 4.98 Å². The van der Waals surface area contributed by atoms with Crippen LogP contribution in [0.25, 0.3) is 11.3 Å². The van der Waals surface area contributed by atoms with Gasteiger partial charge in [-0.3, -0.25) is 9.59 Å². The zero-order chi connectivity index (χ0) is 21.6. The van der Waals surface area contributed by atoms with Gasteiger partial charge in [0.2, 0.25) is 0 Å². The van der Waals surface area contributed by atoms with E-state index < -0.39 is 0 Å². The van der Waals surface area contributed by atoms with Crippen LogP contribution < -0.4 is 10.2 Å². The average molecular weight is 422 g/mol. The number of aryl methyl sites for hydroxylation is 1. The number of hydrogen-bond donors (Lipinski definition) is 2.